The number of halogens is 1. The first-order valence-electron chi connectivity index (χ1n) is 4.32. The van der Waals surface area contributed by atoms with E-state index in [-0.39, 0.29) is 5.56 Å². The summed E-state index contributed by atoms with van der Waals surface area (Å²) in [6.07, 6.45) is 8.22. The van der Waals surface area contributed by atoms with Gasteiger partial charge in [-0.15, -0.1) is 12.3 Å². The molecule has 0 radical (unpaired) electrons. The molecule has 0 saturated carbocycles. The van der Waals surface area contributed by atoms with Gasteiger partial charge in [0.2, 0.25) is 0 Å². The van der Waals surface area contributed by atoms with E-state index in [1.54, 1.807) is 10.9 Å². The average Bonchev–Trinajstić information content (AvgIpc) is 2.18. The summed E-state index contributed by atoms with van der Waals surface area (Å²) >= 11 is 2.02. The SMILES string of the molecule is C#CCCCn1cnc(C)c(I)c1=O. The minimum absolute atomic E-state index is 0.0233. The van der Waals surface area contributed by atoms with Crippen LogP contribution >= 0.6 is 22.6 Å². The van der Waals surface area contributed by atoms with E-state index in [4.69, 9.17) is 6.42 Å². The van der Waals surface area contributed by atoms with Crippen molar-refractivity contribution < 1.29 is 0 Å². The maximum atomic E-state index is 11.6. The smallest absolute Gasteiger partial charge is 0.266 e. The van der Waals surface area contributed by atoms with E-state index >= 15 is 0 Å². The highest BCUT2D eigenvalue weighted by atomic mass is 127. The molecule has 1 rings (SSSR count). The monoisotopic (exact) mass is 302 g/mol. The summed E-state index contributed by atoms with van der Waals surface area (Å²) < 4.78 is 2.29. The van der Waals surface area contributed by atoms with Gasteiger partial charge in [0.15, 0.2) is 0 Å². The molecule has 0 fully saturated rings. The first kappa shape index (κ1) is 11.2. The predicted octanol–water partition coefficient (Wildman–Crippen LogP) is 1.57. The number of nitrogens with zero attached hydrogens (tertiary/aromatic N) is 2. The second-order valence-corrected chi connectivity index (χ2v) is 4.03. The molecular weight excluding hydrogens is 291 g/mol. The van der Waals surface area contributed by atoms with Gasteiger partial charge in [0, 0.05) is 13.0 Å². The summed E-state index contributed by atoms with van der Waals surface area (Å²) in [6, 6.07) is 0. The van der Waals surface area contributed by atoms with E-state index in [2.05, 4.69) is 10.9 Å². The van der Waals surface area contributed by atoms with Gasteiger partial charge < -0.3 is 0 Å². The zero-order valence-electron chi connectivity index (χ0n) is 7.96. The van der Waals surface area contributed by atoms with Crippen LogP contribution in [0.5, 0.6) is 0 Å². The van der Waals surface area contributed by atoms with Gasteiger partial charge in [-0.2, -0.15) is 0 Å². The fourth-order valence-corrected chi connectivity index (χ4v) is 1.51. The number of hydrogen-bond acceptors (Lipinski definition) is 2. The zero-order valence-corrected chi connectivity index (χ0v) is 10.1. The third kappa shape index (κ3) is 2.58. The normalized spacial score (nSPS) is 9.79. The van der Waals surface area contributed by atoms with Gasteiger partial charge in [-0.3, -0.25) is 9.36 Å². The summed E-state index contributed by atoms with van der Waals surface area (Å²) in [6.45, 7) is 2.47. The van der Waals surface area contributed by atoms with Crippen LogP contribution in [0.25, 0.3) is 0 Å². The van der Waals surface area contributed by atoms with Crippen LogP contribution in [0, 0.1) is 22.8 Å². The molecule has 0 aliphatic rings. The number of unbranched alkanes of at least 4 members (excludes halogenated alkanes) is 1. The zero-order chi connectivity index (χ0) is 10.6. The molecule has 0 bridgehead atoms. The Bertz CT molecular complexity index is 417. The minimum Gasteiger partial charge on any atom is -0.298 e. The summed E-state index contributed by atoms with van der Waals surface area (Å²) in [4.78, 5) is 15.8. The van der Waals surface area contributed by atoms with Crippen molar-refractivity contribution in [3.8, 4) is 12.3 Å². The molecule has 3 nitrogen and oxygen atoms in total. The van der Waals surface area contributed by atoms with E-state index in [1.165, 1.54) is 0 Å². The Balaban J connectivity index is 2.85. The molecule has 1 aromatic rings. The highest BCUT2D eigenvalue weighted by Crippen LogP contribution is 2.01. The lowest BCUT2D eigenvalue weighted by Gasteiger charge is -2.04. The molecule has 0 aliphatic heterocycles. The van der Waals surface area contributed by atoms with E-state index in [9.17, 15) is 4.79 Å². The van der Waals surface area contributed by atoms with E-state index in [0.29, 0.717) is 16.5 Å². The number of rotatable bonds is 3. The van der Waals surface area contributed by atoms with Crippen molar-refractivity contribution in [3.63, 3.8) is 0 Å². The molecule has 14 heavy (non-hydrogen) atoms. The molecule has 0 atom stereocenters. The predicted molar refractivity (Wildman–Crippen MR) is 64.0 cm³/mol. The van der Waals surface area contributed by atoms with Crippen LogP contribution in [0.4, 0.5) is 0 Å². The van der Waals surface area contributed by atoms with Crippen LogP contribution in [0.3, 0.4) is 0 Å². The Kier molecular flexibility index (Phi) is 4.14. The van der Waals surface area contributed by atoms with Crippen molar-refractivity contribution in [3.05, 3.63) is 25.9 Å². The summed E-state index contributed by atoms with van der Waals surface area (Å²) in [7, 11) is 0. The first-order chi connectivity index (χ1) is 6.66. The largest absolute Gasteiger partial charge is 0.298 e. The number of hydrogen-bond donors (Lipinski definition) is 0. The molecular formula is C10H11IN2O. The molecule has 0 amide bonds. The molecule has 0 aliphatic carbocycles. The molecule has 0 aromatic carbocycles. The Morgan fingerprint density at radius 2 is 2.43 bits per heavy atom. The highest BCUT2D eigenvalue weighted by molar-refractivity contribution is 14.1. The van der Waals surface area contributed by atoms with Crippen LogP contribution in [0.15, 0.2) is 11.1 Å². The Morgan fingerprint density at radius 1 is 1.71 bits per heavy atom. The molecule has 0 spiro atoms. The molecule has 0 saturated heterocycles. The topological polar surface area (TPSA) is 34.9 Å². The maximum absolute atomic E-state index is 11.6. The quantitative estimate of drug-likeness (QED) is 0.482. The molecule has 4 heteroatoms. The van der Waals surface area contributed by atoms with Crippen LogP contribution in [-0.4, -0.2) is 9.55 Å². The molecule has 1 aromatic heterocycles. The highest BCUT2D eigenvalue weighted by Gasteiger charge is 2.03. The Labute approximate surface area is 96.7 Å². The molecule has 0 unspecified atom stereocenters. The van der Waals surface area contributed by atoms with Crippen LogP contribution in [-0.2, 0) is 6.54 Å². The summed E-state index contributed by atoms with van der Waals surface area (Å²) in [5.41, 5.74) is 0.805. The van der Waals surface area contributed by atoms with Crippen molar-refractivity contribution >= 4 is 22.6 Å². The van der Waals surface area contributed by atoms with Crippen LogP contribution < -0.4 is 5.56 Å². The lowest BCUT2D eigenvalue weighted by molar-refractivity contribution is 0.616. The Hall–Kier alpha value is -0.830. The lowest BCUT2D eigenvalue weighted by Crippen LogP contribution is -2.24. The van der Waals surface area contributed by atoms with E-state index in [1.807, 2.05) is 29.5 Å². The van der Waals surface area contributed by atoms with Gasteiger partial charge in [-0.25, -0.2) is 4.98 Å². The third-order valence-electron chi connectivity index (χ3n) is 1.88. The van der Waals surface area contributed by atoms with Crippen molar-refractivity contribution in [1.29, 1.82) is 0 Å². The Morgan fingerprint density at radius 3 is 3.07 bits per heavy atom. The van der Waals surface area contributed by atoms with E-state index in [0.717, 1.165) is 12.1 Å². The second-order valence-electron chi connectivity index (χ2n) is 2.95. The van der Waals surface area contributed by atoms with Crippen molar-refractivity contribution in [2.24, 2.45) is 0 Å². The van der Waals surface area contributed by atoms with Crippen LogP contribution in [0.1, 0.15) is 18.5 Å². The maximum Gasteiger partial charge on any atom is 0.266 e. The molecule has 0 N–H and O–H groups in total. The summed E-state index contributed by atoms with van der Waals surface area (Å²) in [5, 5.41) is 0. The van der Waals surface area contributed by atoms with Crippen molar-refractivity contribution in [2.75, 3.05) is 0 Å². The second kappa shape index (κ2) is 5.15. The first-order valence-corrected chi connectivity index (χ1v) is 5.39. The van der Waals surface area contributed by atoms with Gasteiger partial charge in [-0.05, 0) is 35.9 Å². The van der Waals surface area contributed by atoms with Crippen molar-refractivity contribution in [2.45, 2.75) is 26.3 Å². The van der Waals surface area contributed by atoms with Crippen LogP contribution in [0.2, 0.25) is 0 Å². The standard InChI is InChI=1S/C10H11IN2O/c1-3-4-5-6-13-7-12-8(2)9(11)10(13)14/h1,7H,4-6H2,2H3. The van der Waals surface area contributed by atoms with Gasteiger partial charge in [0.25, 0.3) is 5.56 Å². The summed E-state index contributed by atoms with van der Waals surface area (Å²) in [5.74, 6) is 2.55. The molecule has 1 heterocycles. The number of terminal acetylenes is 1. The fourth-order valence-electron chi connectivity index (χ4n) is 1.06. The van der Waals surface area contributed by atoms with Gasteiger partial charge in [0.05, 0.1) is 15.6 Å². The van der Waals surface area contributed by atoms with Gasteiger partial charge >= 0.3 is 0 Å². The third-order valence-corrected chi connectivity index (χ3v) is 3.12. The van der Waals surface area contributed by atoms with E-state index < -0.39 is 0 Å². The van der Waals surface area contributed by atoms with Gasteiger partial charge in [-0.1, -0.05) is 0 Å². The molecule has 74 valence electrons. The number of aromatic nitrogens is 2. The number of aryl methyl sites for hydroxylation is 2. The van der Waals surface area contributed by atoms with Crippen molar-refractivity contribution in [1.82, 2.24) is 9.55 Å². The fraction of sp³-hybridized carbons (Fsp3) is 0.400. The average molecular weight is 302 g/mol. The lowest BCUT2D eigenvalue weighted by atomic mass is 10.3. The van der Waals surface area contributed by atoms with Gasteiger partial charge in [0.1, 0.15) is 0 Å². The minimum atomic E-state index is 0.0233.